The predicted molar refractivity (Wildman–Crippen MR) is 118 cm³/mol. The summed E-state index contributed by atoms with van der Waals surface area (Å²) in [6.45, 7) is 0.470. The van der Waals surface area contributed by atoms with E-state index in [-0.39, 0.29) is 29.8 Å². The van der Waals surface area contributed by atoms with Crippen LogP contribution in [0.3, 0.4) is 0 Å². The van der Waals surface area contributed by atoms with Crippen molar-refractivity contribution in [2.45, 2.75) is 5.92 Å². The van der Waals surface area contributed by atoms with Gasteiger partial charge in [0.15, 0.2) is 5.82 Å². The number of hydrogen-bond acceptors (Lipinski definition) is 3. The van der Waals surface area contributed by atoms with E-state index in [2.05, 4.69) is 29.6 Å². The fraction of sp³-hybridized carbons (Fsp3) is 0.125. The summed E-state index contributed by atoms with van der Waals surface area (Å²) in [7, 11) is 0. The molecule has 4 rings (SSSR count). The van der Waals surface area contributed by atoms with Crippen molar-refractivity contribution < 1.29 is 13.9 Å². The highest BCUT2D eigenvalue weighted by atomic mass is 35.5. The van der Waals surface area contributed by atoms with Crippen LogP contribution in [0.1, 0.15) is 22.6 Å². The van der Waals surface area contributed by atoms with Crippen molar-refractivity contribution in [3.63, 3.8) is 0 Å². The first kappa shape index (κ1) is 20.0. The number of nitrogens with two attached hydrogens (primary N) is 1. The van der Waals surface area contributed by atoms with Crippen LogP contribution in [-0.2, 0) is 4.74 Å². The lowest BCUT2D eigenvalue weighted by atomic mass is 9.98. The largest absolute Gasteiger partial charge is 0.449 e. The molecule has 0 unspecified atom stereocenters. The Morgan fingerprint density at radius 3 is 2.37 bits per heavy atom. The Hall–Kier alpha value is -3.31. The summed E-state index contributed by atoms with van der Waals surface area (Å²) in [5, 5.41) is 2.61. The third-order valence-corrected chi connectivity index (χ3v) is 5.53. The average molecular weight is 423 g/mol. The minimum absolute atomic E-state index is 0.00564. The molecule has 0 heterocycles. The normalized spacial score (nSPS) is 12.6. The molecule has 0 aliphatic heterocycles. The molecule has 0 atom stereocenters. The zero-order valence-corrected chi connectivity index (χ0v) is 16.8. The SMILES string of the molecule is Nc1ccc(C=CCNC(=O)OCC2c3ccccc3-c3ccccc32)c(Cl)c1F. The lowest BCUT2D eigenvalue weighted by Gasteiger charge is -2.14. The highest BCUT2D eigenvalue weighted by Crippen LogP contribution is 2.44. The van der Waals surface area contributed by atoms with Gasteiger partial charge < -0.3 is 15.8 Å². The third-order valence-electron chi connectivity index (χ3n) is 5.15. The molecule has 0 spiro atoms. The summed E-state index contributed by atoms with van der Waals surface area (Å²) < 4.78 is 19.2. The summed E-state index contributed by atoms with van der Waals surface area (Å²) in [5.41, 5.74) is 10.6. The van der Waals surface area contributed by atoms with Crippen LogP contribution >= 0.6 is 11.6 Å². The monoisotopic (exact) mass is 422 g/mol. The smallest absolute Gasteiger partial charge is 0.407 e. The molecular weight excluding hydrogens is 403 g/mol. The second-order valence-electron chi connectivity index (χ2n) is 6.98. The van der Waals surface area contributed by atoms with Crippen molar-refractivity contribution in [1.82, 2.24) is 5.32 Å². The Morgan fingerprint density at radius 2 is 1.70 bits per heavy atom. The molecule has 152 valence electrons. The number of fused-ring (bicyclic) bond motifs is 3. The van der Waals surface area contributed by atoms with Gasteiger partial charge in [0.05, 0.1) is 10.7 Å². The molecule has 3 aromatic carbocycles. The number of ether oxygens (including phenoxy) is 1. The van der Waals surface area contributed by atoms with Gasteiger partial charge in [-0.05, 0) is 33.9 Å². The van der Waals surface area contributed by atoms with E-state index in [0.29, 0.717) is 5.56 Å². The molecule has 0 bridgehead atoms. The van der Waals surface area contributed by atoms with E-state index in [1.54, 1.807) is 18.2 Å². The number of carbonyl (C=O) groups is 1. The van der Waals surface area contributed by atoms with Gasteiger partial charge >= 0.3 is 6.09 Å². The van der Waals surface area contributed by atoms with E-state index < -0.39 is 11.9 Å². The number of nitrogens with one attached hydrogen (secondary N) is 1. The average Bonchev–Trinajstić information content (AvgIpc) is 3.09. The number of alkyl carbamates (subject to hydrolysis) is 1. The maximum atomic E-state index is 13.7. The van der Waals surface area contributed by atoms with Gasteiger partial charge in [-0.25, -0.2) is 9.18 Å². The van der Waals surface area contributed by atoms with Crippen molar-refractivity contribution >= 4 is 29.5 Å². The Labute approximate surface area is 179 Å². The first-order valence-corrected chi connectivity index (χ1v) is 9.93. The van der Waals surface area contributed by atoms with Crippen LogP contribution < -0.4 is 11.1 Å². The molecule has 0 radical (unpaired) electrons. The number of amides is 1. The van der Waals surface area contributed by atoms with Crippen LogP contribution in [0.15, 0.2) is 66.7 Å². The quantitative estimate of drug-likeness (QED) is 0.525. The Kier molecular flexibility index (Phi) is 5.72. The van der Waals surface area contributed by atoms with Crippen LogP contribution in [-0.4, -0.2) is 19.2 Å². The molecule has 1 amide bonds. The molecule has 0 aromatic heterocycles. The molecule has 30 heavy (non-hydrogen) atoms. The van der Waals surface area contributed by atoms with Gasteiger partial charge in [0.25, 0.3) is 0 Å². The first-order valence-electron chi connectivity index (χ1n) is 9.55. The molecule has 6 heteroatoms. The highest BCUT2D eigenvalue weighted by molar-refractivity contribution is 6.32. The van der Waals surface area contributed by atoms with Crippen molar-refractivity contribution in [2.75, 3.05) is 18.9 Å². The zero-order chi connectivity index (χ0) is 21.1. The second kappa shape index (κ2) is 8.59. The maximum absolute atomic E-state index is 13.7. The number of rotatable bonds is 5. The molecule has 0 saturated heterocycles. The minimum Gasteiger partial charge on any atom is -0.449 e. The fourth-order valence-corrected chi connectivity index (χ4v) is 3.92. The molecule has 3 N–H and O–H groups in total. The topological polar surface area (TPSA) is 64.3 Å². The number of nitrogen functional groups attached to an aromatic ring is 1. The van der Waals surface area contributed by atoms with E-state index in [4.69, 9.17) is 22.1 Å². The van der Waals surface area contributed by atoms with Crippen molar-refractivity contribution in [2.24, 2.45) is 0 Å². The van der Waals surface area contributed by atoms with Gasteiger partial charge in [0.2, 0.25) is 0 Å². The number of hydrogen-bond donors (Lipinski definition) is 2. The Morgan fingerprint density at radius 1 is 1.07 bits per heavy atom. The number of carbonyl (C=O) groups excluding carboxylic acids is 1. The lowest BCUT2D eigenvalue weighted by Crippen LogP contribution is -2.26. The summed E-state index contributed by atoms with van der Waals surface area (Å²) in [6.07, 6.45) is 2.77. The van der Waals surface area contributed by atoms with E-state index in [1.807, 2.05) is 24.3 Å². The van der Waals surface area contributed by atoms with Gasteiger partial charge in [0, 0.05) is 12.5 Å². The van der Waals surface area contributed by atoms with Gasteiger partial charge in [-0.15, -0.1) is 0 Å². The van der Waals surface area contributed by atoms with Gasteiger partial charge in [-0.2, -0.15) is 0 Å². The Bertz CT molecular complexity index is 1080. The van der Waals surface area contributed by atoms with Crippen molar-refractivity contribution in [3.8, 4) is 11.1 Å². The van der Waals surface area contributed by atoms with E-state index >= 15 is 0 Å². The maximum Gasteiger partial charge on any atom is 0.407 e. The fourth-order valence-electron chi connectivity index (χ4n) is 3.69. The van der Waals surface area contributed by atoms with Crippen LogP contribution in [0.25, 0.3) is 17.2 Å². The van der Waals surface area contributed by atoms with Crippen molar-refractivity contribution in [1.29, 1.82) is 0 Å². The number of benzene rings is 3. The number of halogens is 2. The summed E-state index contributed by atoms with van der Waals surface area (Å²) in [5.74, 6) is -0.640. The predicted octanol–water partition coefficient (Wildman–Crippen LogP) is 5.61. The third kappa shape index (κ3) is 3.89. The summed E-state index contributed by atoms with van der Waals surface area (Å²) in [6, 6.07) is 19.4. The van der Waals surface area contributed by atoms with Crippen LogP contribution in [0.4, 0.5) is 14.9 Å². The molecule has 0 fully saturated rings. The van der Waals surface area contributed by atoms with Gasteiger partial charge in [-0.1, -0.05) is 78.4 Å². The van der Waals surface area contributed by atoms with E-state index in [1.165, 1.54) is 17.2 Å². The summed E-state index contributed by atoms with van der Waals surface area (Å²) >= 11 is 5.93. The van der Waals surface area contributed by atoms with Crippen LogP contribution in [0, 0.1) is 5.82 Å². The standard InChI is InChI=1S/C24H20ClFN2O2/c25-22-15(11-12-21(27)23(22)26)6-5-13-28-24(29)30-14-20-18-9-3-1-7-16(18)17-8-2-4-10-19(17)20/h1-12,20H,13-14,27H2,(H,28,29). The molecular formula is C24H20ClFN2O2. The van der Waals surface area contributed by atoms with Crippen LogP contribution in [0.5, 0.6) is 0 Å². The minimum atomic E-state index is -0.650. The molecule has 3 aromatic rings. The molecule has 0 saturated carbocycles. The first-order chi connectivity index (χ1) is 14.6. The van der Waals surface area contributed by atoms with Crippen molar-refractivity contribution in [3.05, 3.63) is 94.3 Å². The van der Waals surface area contributed by atoms with Crippen LogP contribution in [0.2, 0.25) is 5.02 Å². The lowest BCUT2D eigenvalue weighted by molar-refractivity contribution is 0.144. The zero-order valence-electron chi connectivity index (χ0n) is 16.1. The molecule has 1 aliphatic carbocycles. The summed E-state index contributed by atoms with van der Waals surface area (Å²) in [4.78, 5) is 12.1. The number of anilines is 1. The molecule has 1 aliphatic rings. The van der Waals surface area contributed by atoms with E-state index in [9.17, 15) is 9.18 Å². The van der Waals surface area contributed by atoms with E-state index in [0.717, 1.165) is 11.1 Å². The highest BCUT2D eigenvalue weighted by Gasteiger charge is 2.28. The van der Waals surface area contributed by atoms with Gasteiger partial charge in [0.1, 0.15) is 6.61 Å². The molecule has 4 nitrogen and oxygen atoms in total. The van der Waals surface area contributed by atoms with Gasteiger partial charge in [-0.3, -0.25) is 0 Å². The second-order valence-corrected chi connectivity index (χ2v) is 7.36. The Balaban J connectivity index is 1.34.